The van der Waals surface area contributed by atoms with Gasteiger partial charge in [0.1, 0.15) is 6.26 Å². The first kappa shape index (κ1) is 11.1. The minimum atomic E-state index is -0.499. The zero-order valence-corrected chi connectivity index (χ0v) is 10.6. The Morgan fingerprint density at radius 1 is 1.44 bits per heavy atom. The number of ether oxygens (including phenoxy) is 1. The normalized spacial score (nSPS) is 10.1. The number of esters is 1. The summed E-state index contributed by atoms with van der Waals surface area (Å²) in [5.41, 5.74) is 1.04. The molecule has 4 nitrogen and oxygen atoms in total. The van der Waals surface area contributed by atoms with E-state index in [1.807, 2.05) is 24.3 Å². The number of hydrogen-bond donors (Lipinski definition) is 0. The van der Waals surface area contributed by atoms with Crippen LogP contribution in [0.15, 0.2) is 34.9 Å². The molecule has 0 spiro atoms. The van der Waals surface area contributed by atoms with Crippen molar-refractivity contribution in [3.8, 4) is 11.5 Å². The van der Waals surface area contributed by atoms with Crippen LogP contribution in [0.25, 0.3) is 11.5 Å². The lowest BCUT2D eigenvalue weighted by Crippen LogP contribution is -2.01. The zero-order chi connectivity index (χ0) is 11.5. The Morgan fingerprint density at radius 3 is 2.88 bits per heavy atom. The van der Waals surface area contributed by atoms with E-state index in [0.29, 0.717) is 5.89 Å². The average molecular weight is 329 g/mol. The third-order valence-electron chi connectivity index (χ3n) is 2.00. The van der Waals surface area contributed by atoms with E-state index < -0.39 is 5.97 Å². The smallest absolute Gasteiger partial charge is 0.360 e. The van der Waals surface area contributed by atoms with Crippen LogP contribution in [0, 0.1) is 3.57 Å². The Kier molecular flexibility index (Phi) is 3.23. The molecule has 0 N–H and O–H groups in total. The van der Waals surface area contributed by atoms with Crippen molar-refractivity contribution in [2.75, 3.05) is 7.11 Å². The van der Waals surface area contributed by atoms with Gasteiger partial charge in [-0.1, -0.05) is 12.1 Å². The van der Waals surface area contributed by atoms with Crippen molar-refractivity contribution < 1.29 is 13.9 Å². The van der Waals surface area contributed by atoms with Crippen molar-refractivity contribution in [2.45, 2.75) is 0 Å². The molecule has 0 aliphatic rings. The second-order valence-corrected chi connectivity index (χ2v) is 4.17. The summed E-state index contributed by atoms with van der Waals surface area (Å²) in [5, 5.41) is 0. The third kappa shape index (κ3) is 2.08. The van der Waals surface area contributed by atoms with Crippen LogP contribution in [0.4, 0.5) is 0 Å². The standard InChI is InChI=1S/C11H8INO3/c1-15-11(14)9-6-16-10(13-9)7-4-2-3-5-8(7)12/h2-6H,1H3. The topological polar surface area (TPSA) is 52.3 Å². The summed E-state index contributed by atoms with van der Waals surface area (Å²) >= 11 is 2.18. The maximum Gasteiger partial charge on any atom is 0.360 e. The first-order chi connectivity index (χ1) is 7.72. The van der Waals surface area contributed by atoms with Crippen LogP contribution in [0.3, 0.4) is 0 Å². The number of rotatable bonds is 2. The molecule has 2 rings (SSSR count). The first-order valence-corrected chi connectivity index (χ1v) is 5.59. The minimum absolute atomic E-state index is 0.178. The van der Waals surface area contributed by atoms with Crippen molar-refractivity contribution in [1.82, 2.24) is 4.98 Å². The summed E-state index contributed by atoms with van der Waals surface area (Å²) in [7, 11) is 1.31. The molecule has 16 heavy (non-hydrogen) atoms. The molecule has 0 unspecified atom stereocenters. The molecule has 1 aromatic carbocycles. The van der Waals surface area contributed by atoms with Gasteiger partial charge in [-0.25, -0.2) is 9.78 Å². The lowest BCUT2D eigenvalue weighted by atomic mass is 10.2. The lowest BCUT2D eigenvalue weighted by Gasteiger charge is -1.97. The first-order valence-electron chi connectivity index (χ1n) is 4.51. The molecule has 0 amide bonds. The van der Waals surface area contributed by atoms with Gasteiger partial charge in [-0.05, 0) is 34.7 Å². The van der Waals surface area contributed by atoms with Crippen molar-refractivity contribution in [3.63, 3.8) is 0 Å². The highest BCUT2D eigenvalue weighted by molar-refractivity contribution is 14.1. The van der Waals surface area contributed by atoms with E-state index in [-0.39, 0.29) is 5.69 Å². The molecular weight excluding hydrogens is 321 g/mol. The fourth-order valence-corrected chi connectivity index (χ4v) is 1.85. The van der Waals surface area contributed by atoms with E-state index in [1.54, 1.807) is 0 Å². The number of aromatic nitrogens is 1. The Bertz CT molecular complexity index is 521. The average Bonchev–Trinajstić information content (AvgIpc) is 2.78. The largest absolute Gasteiger partial charge is 0.464 e. The Balaban J connectivity index is 2.39. The summed E-state index contributed by atoms with van der Waals surface area (Å²) in [5.74, 6) is -0.0775. The number of oxazole rings is 1. The van der Waals surface area contributed by atoms with Crippen LogP contribution in [0.5, 0.6) is 0 Å². The van der Waals surface area contributed by atoms with Crippen LogP contribution in [0.1, 0.15) is 10.5 Å². The van der Waals surface area contributed by atoms with Gasteiger partial charge in [0.05, 0.1) is 12.7 Å². The predicted octanol–water partition coefficient (Wildman–Crippen LogP) is 2.73. The highest BCUT2D eigenvalue weighted by Gasteiger charge is 2.14. The van der Waals surface area contributed by atoms with Crippen molar-refractivity contribution >= 4 is 28.6 Å². The van der Waals surface area contributed by atoms with E-state index in [9.17, 15) is 4.79 Å². The molecule has 0 atom stereocenters. The Labute approximate surface area is 106 Å². The van der Waals surface area contributed by atoms with Gasteiger partial charge in [0.2, 0.25) is 5.89 Å². The number of hydrogen-bond acceptors (Lipinski definition) is 4. The molecule has 5 heteroatoms. The highest BCUT2D eigenvalue weighted by atomic mass is 127. The Morgan fingerprint density at radius 2 is 2.19 bits per heavy atom. The van der Waals surface area contributed by atoms with Crippen LogP contribution >= 0.6 is 22.6 Å². The summed E-state index contributed by atoms with van der Waals surface area (Å²) in [6.07, 6.45) is 1.30. The van der Waals surface area contributed by atoms with E-state index in [0.717, 1.165) is 9.13 Å². The van der Waals surface area contributed by atoms with E-state index >= 15 is 0 Å². The maximum absolute atomic E-state index is 11.2. The molecular formula is C11H8INO3. The molecule has 2 aromatic rings. The van der Waals surface area contributed by atoms with Gasteiger partial charge >= 0.3 is 5.97 Å². The number of nitrogens with zero attached hydrogens (tertiary/aromatic N) is 1. The number of carbonyl (C=O) groups excluding carboxylic acids is 1. The van der Waals surface area contributed by atoms with Gasteiger partial charge in [-0.3, -0.25) is 0 Å². The quantitative estimate of drug-likeness (QED) is 0.628. The van der Waals surface area contributed by atoms with Crippen LogP contribution in [-0.2, 0) is 4.74 Å². The number of carbonyl (C=O) groups is 1. The number of methoxy groups -OCH3 is 1. The Hall–Kier alpha value is -1.37. The summed E-state index contributed by atoms with van der Waals surface area (Å²) in [6, 6.07) is 7.64. The molecule has 0 aliphatic heterocycles. The summed E-state index contributed by atoms with van der Waals surface area (Å²) in [4.78, 5) is 15.3. The second kappa shape index (κ2) is 4.65. The van der Waals surface area contributed by atoms with Crippen molar-refractivity contribution in [2.24, 2.45) is 0 Å². The van der Waals surface area contributed by atoms with Gasteiger partial charge in [0, 0.05) is 3.57 Å². The zero-order valence-electron chi connectivity index (χ0n) is 8.44. The van der Waals surface area contributed by atoms with Crippen LogP contribution in [-0.4, -0.2) is 18.1 Å². The molecule has 0 bridgehead atoms. The fourth-order valence-electron chi connectivity index (χ4n) is 1.23. The number of halogens is 1. The molecule has 0 saturated carbocycles. The third-order valence-corrected chi connectivity index (χ3v) is 2.94. The van der Waals surface area contributed by atoms with E-state index in [2.05, 4.69) is 32.3 Å². The molecule has 0 saturated heterocycles. The minimum Gasteiger partial charge on any atom is -0.464 e. The monoisotopic (exact) mass is 329 g/mol. The number of benzene rings is 1. The highest BCUT2D eigenvalue weighted by Crippen LogP contribution is 2.24. The summed E-state index contributed by atoms with van der Waals surface area (Å²) < 4.78 is 10.8. The van der Waals surface area contributed by atoms with Crippen LogP contribution < -0.4 is 0 Å². The molecule has 0 fully saturated rings. The lowest BCUT2D eigenvalue weighted by molar-refractivity contribution is 0.0594. The van der Waals surface area contributed by atoms with E-state index in [4.69, 9.17) is 4.42 Å². The predicted molar refractivity (Wildman–Crippen MR) is 66.0 cm³/mol. The van der Waals surface area contributed by atoms with Gasteiger partial charge < -0.3 is 9.15 Å². The van der Waals surface area contributed by atoms with Gasteiger partial charge in [0.15, 0.2) is 5.69 Å². The van der Waals surface area contributed by atoms with Gasteiger partial charge in [-0.15, -0.1) is 0 Å². The molecule has 1 aromatic heterocycles. The fraction of sp³-hybridized carbons (Fsp3) is 0.0909. The molecule has 0 radical (unpaired) electrons. The maximum atomic E-state index is 11.2. The van der Waals surface area contributed by atoms with Gasteiger partial charge in [-0.2, -0.15) is 0 Å². The van der Waals surface area contributed by atoms with Gasteiger partial charge in [0.25, 0.3) is 0 Å². The molecule has 0 aliphatic carbocycles. The molecule has 1 heterocycles. The SMILES string of the molecule is COC(=O)c1coc(-c2ccccc2I)n1. The van der Waals surface area contributed by atoms with E-state index in [1.165, 1.54) is 13.4 Å². The summed E-state index contributed by atoms with van der Waals surface area (Å²) in [6.45, 7) is 0. The van der Waals surface area contributed by atoms with Crippen LogP contribution in [0.2, 0.25) is 0 Å². The van der Waals surface area contributed by atoms with Crippen molar-refractivity contribution in [3.05, 3.63) is 39.8 Å². The molecule has 82 valence electrons. The second-order valence-electron chi connectivity index (χ2n) is 3.01. The van der Waals surface area contributed by atoms with Crippen molar-refractivity contribution in [1.29, 1.82) is 0 Å².